The Bertz CT molecular complexity index is 799. The van der Waals surface area contributed by atoms with Gasteiger partial charge in [0.25, 0.3) is 0 Å². The second-order valence-electron chi connectivity index (χ2n) is 4.88. The molecule has 0 atom stereocenters. The van der Waals surface area contributed by atoms with Gasteiger partial charge in [0.05, 0.1) is 11.1 Å². The molecule has 6 nitrogen and oxygen atoms in total. The van der Waals surface area contributed by atoms with Crippen molar-refractivity contribution in [2.24, 2.45) is 0 Å². The molecule has 0 amide bonds. The van der Waals surface area contributed by atoms with Gasteiger partial charge in [-0.15, -0.1) is 13.2 Å². The van der Waals surface area contributed by atoms with Gasteiger partial charge in [0.2, 0.25) is 10.0 Å². The third-order valence-electron chi connectivity index (χ3n) is 3.36. The number of rotatable bonds is 3. The number of benzene rings is 1. The van der Waals surface area contributed by atoms with Gasteiger partial charge < -0.3 is 9.26 Å². The van der Waals surface area contributed by atoms with E-state index in [9.17, 15) is 21.6 Å². The van der Waals surface area contributed by atoms with Gasteiger partial charge in [-0.1, -0.05) is 5.16 Å². The fourth-order valence-electron chi connectivity index (χ4n) is 2.28. The van der Waals surface area contributed by atoms with Crippen LogP contribution in [0.25, 0.3) is 0 Å². The predicted molar refractivity (Wildman–Crippen MR) is 70.9 cm³/mol. The van der Waals surface area contributed by atoms with Gasteiger partial charge in [-0.2, -0.15) is 4.31 Å². The lowest BCUT2D eigenvalue weighted by Crippen LogP contribution is -2.35. The van der Waals surface area contributed by atoms with E-state index in [0.717, 1.165) is 24.3 Å². The first kappa shape index (κ1) is 15.8. The summed E-state index contributed by atoms with van der Waals surface area (Å²) in [6.45, 7) is 0.327. The molecule has 2 heterocycles. The van der Waals surface area contributed by atoms with Gasteiger partial charge in [0.15, 0.2) is 0 Å². The van der Waals surface area contributed by atoms with E-state index in [0.29, 0.717) is 17.7 Å². The van der Waals surface area contributed by atoms with Crippen molar-refractivity contribution in [1.29, 1.82) is 0 Å². The lowest BCUT2D eigenvalue weighted by molar-refractivity contribution is -0.274. The van der Waals surface area contributed by atoms with Crippen LogP contribution in [0, 0.1) is 0 Å². The number of halogens is 3. The molecule has 124 valence electrons. The first-order valence-electron chi connectivity index (χ1n) is 6.54. The first-order chi connectivity index (χ1) is 10.8. The Balaban J connectivity index is 1.80. The Hall–Kier alpha value is -2.07. The van der Waals surface area contributed by atoms with Crippen molar-refractivity contribution in [1.82, 2.24) is 9.46 Å². The van der Waals surface area contributed by atoms with E-state index in [1.807, 2.05) is 0 Å². The molecule has 0 aliphatic carbocycles. The van der Waals surface area contributed by atoms with E-state index >= 15 is 0 Å². The molecule has 1 aromatic carbocycles. The number of aromatic nitrogens is 1. The van der Waals surface area contributed by atoms with Crippen LogP contribution >= 0.6 is 0 Å². The minimum Gasteiger partial charge on any atom is -0.406 e. The lowest BCUT2D eigenvalue weighted by Gasteiger charge is -2.25. The summed E-state index contributed by atoms with van der Waals surface area (Å²) in [4.78, 5) is -0.105. The largest absolute Gasteiger partial charge is 0.573 e. The lowest BCUT2D eigenvalue weighted by atomic mass is 10.1. The van der Waals surface area contributed by atoms with Crippen molar-refractivity contribution in [2.75, 3.05) is 6.54 Å². The van der Waals surface area contributed by atoms with Crippen molar-refractivity contribution in [2.45, 2.75) is 24.2 Å². The highest BCUT2D eigenvalue weighted by Gasteiger charge is 2.32. The van der Waals surface area contributed by atoms with Crippen molar-refractivity contribution in [3.8, 4) is 5.75 Å². The molecular weight excluding hydrogens is 337 g/mol. The summed E-state index contributed by atoms with van der Waals surface area (Å²) < 4.78 is 71.3. The van der Waals surface area contributed by atoms with E-state index in [-0.39, 0.29) is 18.0 Å². The maximum absolute atomic E-state index is 12.5. The van der Waals surface area contributed by atoms with Crippen LogP contribution in [-0.2, 0) is 23.0 Å². The van der Waals surface area contributed by atoms with Crippen LogP contribution in [0.3, 0.4) is 0 Å². The van der Waals surface area contributed by atoms with E-state index in [2.05, 4.69) is 9.89 Å². The van der Waals surface area contributed by atoms with Gasteiger partial charge >= 0.3 is 6.36 Å². The van der Waals surface area contributed by atoms with Crippen LogP contribution in [0.2, 0.25) is 0 Å². The SMILES string of the molecule is O=S(=O)(c1ccc(OC(F)(F)F)cc1)N1CCc2oncc2C1. The summed E-state index contributed by atoms with van der Waals surface area (Å²) in [5, 5.41) is 3.62. The van der Waals surface area contributed by atoms with Crippen molar-refractivity contribution < 1.29 is 30.8 Å². The quantitative estimate of drug-likeness (QED) is 0.851. The van der Waals surface area contributed by atoms with E-state index < -0.39 is 22.1 Å². The number of fused-ring (bicyclic) bond motifs is 1. The average Bonchev–Trinajstić information content (AvgIpc) is 2.93. The molecule has 23 heavy (non-hydrogen) atoms. The van der Waals surface area contributed by atoms with E-state index in [4.69, 9.17) is 4.52 Å². The highest BCUT2D eigenvalue weighted by molar-refractivity contribution is 7.89. The molecule has 1 aliphatic rings. The van der Waals surface area contributed by atoms with Crippen LogP contribution in [0.5, 0.6) is 5.75 Å². The number of sulfonamides is 1. The van der Waals surface area contributed by atoms with Gasteiger partial charge in [0.1, 0.15) is 11.5 Å². The second kappa shape index (κ2) is 5.53. The molecule has 0 spiro atoms. The molecule has 0 saturated carbocycles. The monoisotopic (exact) mass is 348 g/mol. The number of hydrogen-bond acceptors (Lipinski definition) is 5. The zero-order valence-corrected chi connectivity index (χ0v) is 12.4. The molecule has 0 bridgehead atoms. The van der Waals surface area contributed by atoms with Crippen LogP contribution in [0.1, 0.15) is 11.3 Å². The topological polar surface area (TPSA) is 72.6 Å². The summed E-state index contributed by atoms with van der Waals surface area (Å²) in [5.41, 5.74) is 0.678. The van der Waals surface area contributed by atoms with Crippen LogP contribution < -0.4 is 4.74 Å². The molecule has 2 aromatic rings. The summed E-state index contributed by atoms with van der Waals surface area (Å²) in [6.07, 6.45) is -2.97. The van der Waals surface area contributed by atoms with E-state index in [1.165, 1.54) is 10.5 Å². The number of nitrogens with zero attached hydrogens (tertiary/aromatic N) is 2. The maximum atomic E-state index is 12.5. The zero-order valence-electron chi connectivity index (χ0n) is 11.6. The van der Waals surface area contributed by atoms with E-state index in [1.54, 1.807) is 0 Å². The molecule has 3 rings (SSSR count). The molecular formula is C13H11F3N2O4S. The van der Waals surface area contributed by atoms with Gasteiger partial charge in [-0.25, -0.2) is 8.42 Å². The molecule has 0 fully saturated rings. The number of hydrogen-bond donors (Lipinski definition) is 0. The summed E-state index contributed by atoms with van der Waals surface area (Å²) in [6, 6.07) is 4.10. The van der Waals surface area contributed by atoms with Gasteiger partial charge in [-0.3, -0.25) is 0 Å². The van der Waals surface area contributed by atoms with Crippen LogP contribution in [0.15, 0.2) is 39.9 Å². The average molecular weight is 348 g/mol. The molecule has 1 aromatic heterocycles. The highest BCUT2D eigenvalue weighted by atomic mass is 32.2. The minimum atomic E-state index is -4.82. The van der Waals surface area contributed by atoms with Gasteiger partial charge in [-0.05, 0) is 24.3 Å². The van der Waals surface area contributed by atoms with Crippen molar-refractivity contribution in [3.05, 3.63) is 41.8 Å². The normalized spacial score (nSPS) is 16.1. The molecule has 0 N–H and O–H groups in total. The first-order valence-corrected chi connectivity index (χ1v) is 7.98. The Kier molecular flexibility index (Phi) is 3.80. The number of alkyl halides is 3. The summed E-state index contributed by atoms with van der Waals surface area (Å²) >= 11 is 0. The fraction of sp³-hybridized carbons (Fsp3) is 0.308. The van der Waals surface area contributed by atoms with Gasteiger partial charge in [0, 0.05) is 25.1 Å². The zero-order chi connectivity index (χ0) is 16.7. The summed E-state index contributed by atoms with van der Waals surface area (Å²) in [7, 11) is -3.82. The predicted octanol–water partition coefficient (Wildman–Crippen LogP) is 2.32. The Morgan fingerprint density at radius 3 is 2.57 bits per heavy atom. The Morgan fingerprint density at radius 1 is 1.22 bits per heavy atom. The van der Waals surface area contributed by atoms with Crippen molar-refractivity contribution >= 4 is 10.0 Å². The van der Waals surface area contributed by atoms with Crippen LogP contribution in [-0.4, -0.2) is 30.8 Å². The maximum Gasteiger partial charge on any atom is 0.573 e. The number of ether oxygens (including phenoxy) is 1. The fourth-order valence-corrected chi connectivity index (χ4v) is 3.70. The second-order valence-corrected chi connectivity index (χ2v) is 6.82. The Labute approximate surface area is 129 Å². The summed E-state index contributed by atoms with van der Waals surface area (Å²) in [5.74, 6) is 0.168. The van der Waals surface area contributed by atoms with Crippen molar-refractivity contribution in [3.63, 3.8) is 0 Å². The molecule has 0 unspecified atom stereocenters. The minimum absolute atomic E-state index is 0.105. The Morgan fingerprint density at radius 2 is 1.91 bits per heavy atom. The highest BCUT2D eigenvalue weighted by Crippen LogP contribution is 2.27. The standard InChI is InChI=1S/C13H11F3N2O4S/c14-13(15,16)21-10-1-3-11(4-2-10)23(19,20)18-6-5-12-9(8-18)7-17-22-12/h1-4,7H,5-6,8H2. The smallest absolute Gasteiger partial charge is 0.406 e. The molecule has 0 radical (unpaired) electrons. The molecule has 1 aliphatic heterocycles. The third kappa shape index (κ3) is 3.32. The molecule has 0 saturated heterocycles. The van der Waals surface area contributed by atoms with Crippen LogP contribution in [0.4, 0.5) is 13.2 Å². The molecule has 10 heteroatoms. The third-order valence-corrected chi connectivity index (χ3v) is 5.22.